The Morgan fingerprint density at radius 3 is 2.23 bits per heavy atom. The second-order valence-electron chi connectivity index (χ2n) is 8.72. The molecule has 1 aliphatic heterocycles. The Bertz CT molecular complexity index is 709. The van der Waals surface area contributed by atoms with Gasteiger partial charge in [0.25, 0.3) is 0 Å². The van der Waals surface area contributed by atoms with Crippen LogP contribution in [0.1, 0.15) is 62.5 Å². The summed E-state index contributed by atoms with van der Waals surface area (Å²) < 4.78 is 20.8. The van der Waals surface area contributed by atoms with E-state index in [1.54, 1.807) is 6.07 Å². The summed E-state index contributed by atoms with van der Waals surface area (Å²) in [4.78, 5) is 0. The van der Waals surface area contributed by atoms with Crippen molar-refractivity contribution in [2.24, 2.45) is 0 Å². The van der Waals surface area contributed by atoms with Gasteiger partial charge < -0.3 is 9.22 Å². The topological polar surface area (TPSA) is 9.23 Å². The van der Waals surface area contributed by atoms with E-state index in [1.165, 1.54) is 74.3 Å². The van der Waals surface area contributed by atoms with Crippen LogP contribution in [-0.2, 0) is 39.3 Å². The predicted molar refractivity (Wildman–Crippen MR) is 119 cm³/mol. The number of aryl methyl sites for hydroxylation is 1. The molecule has 0 N–H and O–H groups in total. The minimum Gasteiger partial charge on any atom is -0.490 e. The summed E-state index contributed by atoms with van der Waals surface area (Å²) in [7, 11) is 0. The zero-order valence-corrected chi connectivity index (χ0v) is 21.5. The summed E-state index contributed by atoms with van der Waals surface area (Å²) in [6.07, 6.45) is 10.2. The molecule has 0 bridgehead atoms. The van der Waals surface area contributed by atoms with E-state index in [0.717, 1.165) is 24.9 Å². The van der Waals surface area contributed by atoms with Crippen LogP contribution in [-0.4, -0.2) is 30.7 Å². The molecule has 1 saturated heterocycles. The molecular formula is C26H37FNOY+. The average Bonchev–Trinajstić information content (AvgIpc) is 2.70. The van der Waals surface area contributed by atoms with Gasteiger partial charge >= 0.3 is 0 Å². The van der Waals surface area contributed by atoms with E-state index in [9.17, 15) is 4.39 Å². The van der Waals surface area contributed by atoms with Gasteiger partial charge in [0.2, 0.25) is 0 Å². The average molecular weight is 487 g/mol. The summed E-state index contributed by atoms with van der Waals surface area (Å²) in [6, 6.07) is 16.1. The molecule has 1 heterocycles. The SMILES string of the molecule is Cc1cccc(F)c1OCCCCC[N+]1(Cc2ccccc2)CCCCCCC1.[Y]. The molecule has 0 aliphatic carbocycles. The number of unbranched alkanes of at least 4 members (excludes halogenated alkanes) is 2. The fourth-order valence-electron chi connectivity index (χ4n) is 4.67. The molecule has 0 unspecified atom stereocenters. The smallest absolute Gasteiger partial charge is 0.165 e. The first kappa shape index (κ1) is 25.5. The fourth-order valence-corrected chi connectivity index (χ4v) is 4.67. The molecule has 30 heavy (non-hydrogen) atoms. The Morgan fingerprint density at radius 2 is 1.53 bits per heavy atom. The minimum atomic E-state index is -0.252. The molecule has 2 nitrogen and oxygen atoms in total. The van der Waals surface area contributed by atoms with Gasteiger partial charge in [0, 0.05) is 38.3 Å². The van der Waals surface area contributed by atoms with Gasteiger partial charge in [-0.3, -0.25) is 0 Å². The second-order valence-corrected chi connectivity index (χ2v) is 8.72. The number of halogens is 1. The molecule has 0 amide bonds. The van der Waals surface area contributed by atoms with Crippen molar-refractivity contribution in [3.05, 3.63) is 65.5 Å². The Kier molecular flexibility index (Phi) is 11.6. The number of hydrogen-bond donors (Lipinski definition) is 0. The summed E-state index contributed by atoms with van der Waals surface area (Å²) >= 11 is 0. The monoisotopic (exact) mass is 487 g/mol. The van der Waals surface area contributed by atoms with Crippen molar-refractivity contribution in [3.8, 4) is 5.75 Å². The summed E-state index contributed by atoms with van der Waals surface area (Å²) in [5.74, 6) is 0.168. The van der Waals surface area contributed by atoms with Gasteiger partial charge in [-0.25, -0.2) is 4.39 Å². The van der Waals surface area contributed by atoms with Crippen molar-refractivity contribution in [2.75, 3.05) is 26.2 Å². The first-order valence-electron chi connectivity index (χ1n) is 11.5. The third-order valence-corrected chi connectivity index (χ3v) is 6.31. The number of hydrogen-bond acceptors (Lipinski definition) is 1. The van der Waals surface area contributed by atoms with E-state index in [4.69, 9.17) is 4.74 Å². The maximum atomic E-state index is 13.9. The molecule has 1 aliphatic rings. The third-order valence-electron chi connectivity index (χ3n) is 6.31. The van der Waals surface area contributed by atoms with Crippen LogP contribution in [0.25, 0.3) is 0 Å². The van der Waals surface area contributed by atoms with Gasteiger partial charge in [-0.1, -0.05) is 48.9 Å². The maximum Gasteiger partial charge on any atom is 0.165 e. The molecule has 1 fully saturated rings. The Morgan fingerprint density at radius 1 is 0.833 bits per heavy atom. The van der Waals surface area contributed by atoms with Gasteiger partial charge in [-0.2, -0.15) is 0 Å². The quantitative estimate of drug-likeness (QED) is 0.284. The normalized spacial score (nSPS) is 16.2. The van der Waals surface area contributed by atoms with Crippen LogP contribution in [0.4, 0.5) is 4.39 Å². The molecule has 0 saturated carbocycles. The van der Waals surface area contributed by atoms with Crippen molar-refractivity contribution in [2.45, 2.75) is 64.8 Å². The zero-order valence-electron chi connectivity index (χ0n) is 18.6. The van der Waals surface area contributed by atoms with Gasteiger partial charge in [-0.05, 0) is 63.5 Å². The zero-order chi connectivity index (χ0) is 20.4. The Balaban J connectivity index is 0.00000320. The van der Waals surface area contributed by atoms with E-state index in [2.05, 4.69) is 30.3 Å². The predicted octanol–water partition coefficient (Wildman–Crippen LogP) is 6.66. The molecule has 4 heteroatoms. The fraction of sp³-hybridized carbons (Fsp3) is 0.538. The molecule has 1 radical (unpaired) electrons. The van der Waals surface area contributed by atoms with E-state index in [1.807, 2.05) is 13.0 Å². The number of para-hydroxylation sites is 1. The standard InChI is InChI=1S/C26H37FNO.Y/c1-23-14-13-17-25(27)26(23)29-21-12-6-11-20-28(18-9-3-2-4-10-19-28)22-24-15-7-5-8-16-24;/h5,7-8,13-17H,2-4,6,9-12,18-22H2,1H3;/q+1;. The molecule has 3 rings (SSSR count). The van der Waals surface area contributed by atoms with Gasteiger partial charge in [0.1, 0.15) is 6.54 Å². The Labute approximate surface area is 207 Å². The van der Waals surface area contributed by atoms with Crippen LogP contribution >= 0.6 is 0 Å². The largest absolute Gasteiger partial charge is 0.490 e. The second kappa shape index (κ2) is 13.6. The van der Waals surface area contributed by atoms with Crippen LogP contribution in [0.5, 0.6) is 5.75 Å². The molecule has 2 aromatic carbocycles. The van der Waals surface area contributed by atoms with Crippen LogP contribution in [0.2, 0.25) is 0 Å². The number of ether oxygens (including phenoxy) is 1. The van der Waals surface area contributed by atoms with Crippen LogP contribution < -0.4 is 4.74 Å². The minimum absolute atomic E-state index is 0. The summed E-state index contributed by atoms with van der Waals surface area (Å²) in [5.41, 5.74) is 2.34. The molecule has 161 valence electrons. The van der Waals surface area contributed by atoms with Crippen molar-refractivity contribution in [3.63, 3.8) is 0 Å². The number of nitrogens with zero attached hydrogens (tertiary/aromatic N) is 1. The first-order valence-corrected chi connectivity index (χ1v) is 11.5. The van der Waals surface area contributed by atoms with Crippen LogP contribution in [0.3, 0.4) is 0 Å². The van der Waals surface area contributed by atoms with Gasteiger partial charge in [0.05, 0.1) is 26.2 Å². The Hall–Kier alpha value is -0.766. The van der Waals surface area contributed by atoms with E-state index < -0.39 is 0 Å². The third kappa shape index (κ3) is 8.06. The van der Waals surface area contributed by atoms with E-state index >= 15 is 0 Å². The molecule has 0 atom stereocenters. The van der Waals surface area contributed by atoms with Crippen LogP contribution in [0, 0.1) is 12.7 Å². The van der Waals surface area contributed by atoms with Gasteiger partial charge in [0.15, 0.2) is 11.6 Å². The van der Waals surface area contributed by atoms with Crippen molar-refractivity contribution >= 4 is 0 Å². The van der Waals surface area contributed by atoms with Crippen molar-refractivity contribution in [1.82, 2.24) is 0 Å². The summed E-state index contributed by atoms with van der Waals surface area (Å²) in [5, 5.41) is 0. The molecule has 0 spiro atoms. The molecular weight excluding hydrogens is 450 g/mol. The number of quaternary nitrogens is 1. The first-order chi connectivity index (χ1) is 14.2. The number of benzene rings is 2. The number of likely N-dealkylation sites (tertiary alicyclic amines) is 1. The van der Waals surface area contributed by atoms with Gasteiger partial charge in [-0.15, -0.1) is 0 Å². The van der Waals surface area contributed by atoms with E-state index in [0.29, 0.717) is 12.4 Å². The van der Waals surface area contributed by atoms with Crippen molar-refractivity contribution < 1.29 is 46.3 Å². The number of rotatable bonds is 9. The molecule has 0 aromatic heterocycles. The molecule has 2 aromatic rings. The van der Waals surface area contributed by atoms with Crippen molar-refractivity contribution in [1.29, 1.82) is 0 Å². The maximum absolute atomic E-state index is 13.9. The van der Waals surface area contributed by atoms with Crippen LogP contribution in [0.15, 0.2) is 48.5 Å². The van der Waals surface area contributed by atoms with E-state index in [-0.39, 0.29) is 38.5 Å². The summed E-state index contributed by atoms with van der Waals surface area (Å²) in [6.45, 7) is 7.51.